The van der Waals surface area contributed by atoms with E-state index in [9.17, 15) is 9.59 Å². The third-order valence-corrected chi connectivity index (χ3v) is 4.40. The van der Waals surface area contributed by atoms with Crippen molar-refractivity contribution < 1.29 is 19.1 Å². The summed E-state index contributed by atoms with van der Waals surface area (Å²) in [6.07, 6.45) is 0. The van der Waals surface area contributed by atoms with Crippen LogP contribution in [0.5, 0.6) is 0 Å². The van der Waals surface area contributed by atoms with Gasteiger partial charge in [-0.15, -0.1) is 11.8 Å². The Kier molecular flexibility index (Phi) is 6.74. The van der Waals surface area contributed by atoms with E-state index in [0.29, 0.717) is 22.6 Å². The Hall–Kier alpha value is -1.69. The number of hydrogen-bond donors (Lipinski definition) is 1. The predicted molar refractivity (Wildman–Crippen MR) is 88.9 cm³/mol. The molecule has 0 heterocycles. The smallest absolute Gasteiger partial charge is 0.338 e. The zero-order valence-electron chi connectivity index (χ0n) is 13.5. The zero-order valence-corrected chi connectivity index (χ0v) is 14.3. The predicted octanol–water partition coefficient (Wildman–Crippen LogP) is 2.98. The number of carbonyl (C=O) groups excluding carboxylic acids is 2. The number of esters is 2. The van der Waals surface area contributed by atoms with Crippen molar-refractivity contribution in [2.24, 2.45) is 0 Å². The summed E-state index contributed by atoms with van der Waals surface area (Å²) >= 11 is 1.38. The van der Waals surface area contributed by atoms with Crippen molar-refractivity contribution in [2.45, 2.75) is 32.4 Å². The number of nitrogens with two attached hydrogens (primary N) is 1. The quantitative estimate of drug-likeness (QED) is 0.613. The maximum absolute atomic E-state index is 12.5. The van der Waals surface area contributed by atoms with Gasteiger partial charge in [0.1, 0.15) is 4.75 Å². The lowest BCUT2D eigenvalue weighted by Gasteiger charge is -2.29. The largest absolute Gasteiger partial charge is 0.465 e. The van der Waals surface area contributed by atoms with E-state index in [1.165, 1.54) is 11.8 Å². The van der Waals surface area contributed by atoms with Gasteiger partial charge in [-0.25, -0.2) is 4.79 Å². The van der Waals surface area contributed by atoms with Gasteiger partial charge < -0.3 is 15.2 Å². The van der Waals surface area contributed by atoms with Crippen LogP contribution in [0.3, 0.4) is 0 Å². The second kappa shape index (κ2) is 8.08. The Morgan fingerprint density at radius 2 is 1.82 bits per heavy atom. The molecule has 0 aromatic heterocycles. The average molecular weight is 325 g/mol. The molecule has 2 N–H and O–H groups in total. The number of anilines is 1. The Morgan fingerprint density at radius 3 is 2.36 bits per heavy atom. The molecular weight excluding hydrogens is 302 g/mol. The van der Waals surface area contributed by atoms with E-state index in [2.05, 4.69) is 0 Å². The van der Waals surface area contributed by atoms with Gasteiger partial charge >= 0.3 is 11.9 Å². The van der Waals surface area contributed by atoms with Gasteiger partial charge in [0.15, 0.2) is 0 Å². The molecule has 0 saturated carbocycles. The molecule has 1 unspecified atom stereocenters. The Morgan fingerprint density at radius 1 is 1.18 bits per heavy atom. The highest BCUT2D eigenvalue weighted by Crippen LogP contribution is 2.42. The molecule has 6 heteroatoms. The summed E-state index contributed by atoms with van der Waals surface area (Å²) in [6, 6.07) is 4.97. The Bertz CT molecular complexity index is 547. The Balaban J connectivity index is 3.47. The molecule has 0 bridgehead atoms. The number of rotatable bonds is 7. The minimum Gasteiger partial charge on any atom is -0.465 e. The monoisotopic (exact) mass is 325 g/mol. The SMILES string of the molecule is CCOC(=O)c1cccc(N)c1C(C)(SCC)C(=O)OCC. The molecule has 0 aliphatic rings. The first-order chi connectivity index (χ1) is 10.4. The third-order valence-electron chi connectivity index (χ3n) is 3.17. The molecule has 0 amide bonds. The number of thioether (sulfide) groups is 1. The zero-order chi connectivity index (χ0) is 16.8. The minimum atomic E-state index is -1.06. The molecule has 122 valence electrons. The molecule has 0 radical (unpaired) electrons. The van der Waals surface area contributed by atoms with E-state index < -0.39 is 16.7 Å². The molecule has 1 rings (SSSR count). The summed E-state index contributed by atoms with van der Waals surface area (Å²) in [6.45, 7) is 7.66. The van der Waals surface area contributed by atoms with Crippen molar-refractivity contribution >= 4 is 29.4 Å². The summed E-state index contributed by atoms with van der Waals surface area (Å²) in [5.41, 5.74) is 7.21. The molecule has 0 fully saturated rings. The maximum Gasteiger partial charge on any atom is 0.338 e. The van der Waals surface area contributed by atoms with Crippen molar-refractivity contribution in [1.82, 2.24) is 0 Å². The van der Waals surface area contributed by atoms with Crippen LogP contribution < -0.4 is 5.73 Å². The second-order valence-corrected chi connectivity index (χ2v) is 6.36. The first kappa shape index (κ1) is 18.4. The van der Waals surface area contributed by atoms with Crippen LogP contribution >= 0.6 is 11.8 Å². The lowest BCUT2D eigenvalue weighted by Crippen LogP contribution is -2.34. The molecule has 1 aromatic rings. The fourth-order valence-corrected chi connectivity index (χ4v) is 3.40. The average Bonchev–Trinajstić information content (AvgIpc) is 2.47. The van der Waals surface area contributed by atoms with Crippen LogP contribution in [0.4, 0.5) is 5.69 Å². The fourth-order valence-electron chi connectivity index (χ4n) is 2.27. The van der Waals surface area contributed by atoms with Gasteiger partial charge in [0.05, 0.1) is 18.8 Å². The van der Waals surface area contributed by atoms with E-state index in [1.807, 2.05) is 6.92 Å². The lowest BCUT2D eigenvalue weighted by molar-refractivity contribution is -0.145. The molecule has 22 heavy (non-hydrogen) atoms. The highest BCUT2D eigenvalue weighted by atomic mass is 32.2. The third kappa shape index (κ3) is 3.74. The lowest BCUT2D eigenvalue weighted by atomic mass is 9.93. The first-order valence-corrected chi connectivity index (χ1v) is 8.28. The van der Waals surface area contributed by atoms with Gasteiger partial charge in [-0.2, -0.15) is 0 Å². The van der Waals surface area contributed by atoms with Gasteiger partial charge in [0.2, 0.25) is 0 Å². The summed E-state index contributed by atoms with van der Waals surface area (Å²) in [4.78, 5) is 24.7. The molecule has 0 aliphatic heterocycles. The number of nitrogen functional groups attached to an aromatic ring is 1. The highest BCUT2D eigenvalue weighted by Gasteiger charge is 2.41. The molecule has 0 aliphatic carbocycles. The number of ether oxygens (including phenoxy) is 2. The van der Waals surface area contributed by atoms with Crippen LogP contribution in [0, 0.1) is 0 Å². The summed E-state index contributed by atoms with van der Waals surface area (Å²) in [5.74, 6) is -0.228. The topological polar surface area (TPSA) is 78.6 Å². The van der Waals surface area contributed by atoms with Crippen LogP contribution in [0.15, 0.2) is 18.2 Å². The molecule has 1 aromatic carbocycles. The molecular formula is C16H23NO4S. The van der Waals surface area contributed by atoms with E-state index in [0.717, 1.165) is 0 Å². The van der Waals surface area contributed by atoms with Crippen molar-refractivity contribution in [2.75, 3.05) is 24.7 Å². The van der Waals surface area contributed by atoms with Gasteiger partial charge in [-0.05, 0) is 38.7 Å². The summed E-state index contributed by atoms with van der Waals surface area (Å²) in [5, 5.41) is 0. The number of carbonyl (C=O) groups is 2. The first-order valence-electron chi connectivity index (χ1n) is 7.29. The van der Waals surface area contributed by atoms with Crippen molar-refractivity contribution in [1.29, 1.82) is 0 Å². The molecule has 0 saturated heterocycles. The van der Waals surface area contributed by atoms with Crippen molar-refractivity contribution in [3.63, 3.8) is 0 Å². The van der Waals surface area contributed by atoms with Crippen LogP contribution in [0.25, 0.3) is 0 Å². The standard InChI is InChI=1S/C16H23NO4S/c1-5-20-14(18)11-9-8-10-12(17)13(11)16(4,22-7-3)15(19)21-6-2/h8-10H,5-7,17H2,1-4H3. The summed E-state index contributed by atoms with van der Waals surface area (Å²) in [7, 11) is 0. The van der Waals surface area contributed by atoms with E-state index >= 15 is 0 Å². The normalized spacial score (nSPS) is 13.3. The van der Waals surface area contributed by atoms with E-state index in [1.54, 1.807) is 39.0 Å². The van der Waals surface area contributed by atoms with Gasteiger partial charge in [-0.1, -0.05) is 13.0 Å². The van der Waals surface area contributed by atoms with Crippen LogP contribution in [-0.2, 0) is 19.0 Å². The van der Waals surface area contributed by atoms with Crippen LogP contribution in [0.1, 0.15) is 43.6 Å². The Labute approximate surface area is 135 Å². The van der Waals surface area contributed by atoms with Crippen molar-refractivity contribution in [3.05, 3.63) is 29.3 Å². The van der Waals surface area contributed by atoms with Crippen molar-refractivity contribution in [3.8, 4) is 0 Å². The number of hydrogen-bond acceptors (Lipinski definition) is 6. The second-order valence-electron chi connectivity index (χ2n) is 4.68. The van der Waals surface area contributed by atoms with Crippen LogP contribution in [0.2, 0.25) is 0 Å². The fraction of sp³-hybridized carbons (Fsp3) is 0.500. The summed E-state index contributed by atoms with van der Waals surface area (Å²) < 4.78 is 9.22. The molecule has 1 atom stereocenters. The van der Waals surface area contributed by atoms with Crippen LogP contribution in [-0.4, -0.2) is 30.9 Å². The van der Waals surface area contributed by atoms with Gasteiger partial charge in [0.25, 0.3) is 0 Å². The molecule has 5 nitrogen and oxygen atoms in total. The van der Waals surface area contributed by atoms with Gasteiger partial charge in [-0.3, -0.25) is 4.79 Å². The minimum absolute atomic E-state index is 0.254. The van der Waals surface area contributed by atoms with E-state index in [4.69, 9.17) is 15.2 Å². The maximum atomic E-state index is 12.5. The van der Waals surface area contributed by atoms with E-state index in [-0.39, 0.29) is 13.2 Å². The molecule has 0 spiro atoms. The number of benzene rings is 1. The van der Waals surface area contributed by atoms with Gasteiger partial charge in [0, 0.05) is 11.3 Å². The highest BCUT2D eigenvalue weighted by molar-refractivity contribution is 8.00.